The maximum atomic E-state index is 11.7. The van der Waals surface area contributed by atoms with Gasteiger partial charge in [-0.05, 0) is 31.0 Å². The number of rotatable bonds is 7. The van der Waals surface area contributed by atoms with E-state index in [1.165, 1.54) is 0 Å². The van der Waals surface area contributed by atoms with E-state index in [0.717, 1.165) is 17.7 Å². The van der Waals surface area contributed by atoms with Crippen molar-refractivity contribution in [3.8, 4) is 5.75 Å². The summed E-state index contributed by atoms with van der Waals surface area (Å²) in [5.74, 6) is 1.00. The number of benzene rings is 1. The van der Waals surface area contributed by atoms with Gasteiger partial charge in [0.15, 0.2) is 5.78 Å². The van der Waals surface area contributed by atoms with Crippen LogP contribution in [0.3, 0.4) is 0 Å². The predicted octanol–water partition coefficient (Wildman–Crippen LogP) is 2.19. The van der Waals surface area contributed by atoms with E-state index in [0.29, 0.717) is 19.0 Å². The Kier molecular flexibility index (Phi) is 5.70. The van der Waals surface area contributed by atoms with Gasteiger partial charge in [-0.1, -0.05) is 19.1 Å². The zero-order valence-corrected chi connectivity index (χ0v) is 10.8. The quantitative estimate of drug-likeness (QED) is 0.787. The van der Waals surface area contributed by atoms with Crippen LogP contribution in [0.4, 0.5) is 0 Å². The summed E-state index contributed by atoms with van der Waals surface area (Å²) in [6.07, 6.45) is 1.49. The van der Waals surface area contributed by atoms with E-state index in [9.17, 15) is 4.79 Å². The molecular formula is C14H21NO2. The van der Waals surface area contributed by atoms with Crippen molar-refractivity contribution in [1.82, 2.24) is 5.32 Å². The van der Waals surface area contributed by atoms with Crippen LogP contribution >= 0.6 is 0 Å². The van der Waals surface area contributed by atoms with Crippen molar-refractivity contribution in [2.75, 3.05) is 13.7 Å². The van der Waals surface area contributed by atoms with Crippen molar-refractivity contribution in [2.45, 2.75) is 32.7 Å². The number of nitrogens with one attached hydrogen (secondary N) is 1. The second-order valence-electron chi connectivity index (χ2n) is 4.26. The highest BCUT2D eigenvalue weighted by Gasteiger charge is 2.06. The van der Waals surface area contributed by atoms with Crippen LogP contribution in [0, 0.1) is 0 Å². The molecule has 1 N–H and O–H groups in total. The topological polar surface area (TPSA) is 38.3 Å². The van der Waals surface area contributed by atoms with Crippen LogP contribution in [0.1, 0.15) is 25.8 Å². The van der Waals surface area contributed by atoms with Crippen LogP contribution in [-0.4, -0.2) is 25.5 Å². The maximum Gasteiger partial charge on any atom is 0.150 e. The molecule has 0 aliphatic rings. The minimum Gasteiger partial charge on any atom is -0.497 e. The summed E-state index contributed by atoms with van der Waals surface area (Å²) in [4.78, 5) is 11.7. The molecule has 94 valence electrons. The lowest BCUT2D eigenvalue weighted by Crippen LogP contribution is -2.31. The molecule has 0 spiro atoms. The van der Waals surface area contributed by atoms with Crippen LogP contribution in [0.2, 0.25) is 0 Å². The number of hydrogen-bond acceptors (Lipinski definition) is 3. The van der Waals surface area contributed by atoms with Gasteiger partial charge in [0.25, 0.3) is 0 Å². The Balaban J connectivity index is 2.44. The summed E-state index contributed by atoms with van der Waals surface area (Å²) in [6.45, 7) is 4.62. The van der Waals surface area contributed by atoms with Crippen molar-refractivity contribution >= 4 is 5.78 Å². The van der Waals surface area contributed by atoms with Crippen LogP contribution in [0.5, 0.6) is 5.75 Å². The highest BCUT2D eigenvalue weighted by atomic mass is 16.5. The number of hydrogen-bond donors (Lipinski definition) is 1. The number of carbonyl (C=O) groups is 1. The van der Waals surface area contributed by atoms with Gasteiger partial charge in [0.1, 0.15) is 5.75 Å². The fourth-order valence-corrected chi connectivity index (χ4v) is 1.50. The van der Waals surface area contributed by atoms with E-state index < -0.39 is 0 Å². The van der Waals surface area contributed by atoms with Crippen LogP contribution in [-0.2, 0) is 11.2 Å². The van der Waals surface area contributed by atoms with Gasteiger partial charge in [0.2, 0.25) is 0 Å². The van der Waals surface area contributed by atoms with Crippen molar-refractivity contribution in [2.24, 2.45) is 0 Å². The van der Waals surface area contributed by atoms with Gasteiger partial charge in [0.05, 0.1) is 13.7 Å². The smallest absolute Gasteiger partial charge is 0.150 e. The standard InChI is InChI=1S/C14H21NO2/c1-4-11(2)15-10-13(16)8-12-6-5-7-14(9-12)17-3/h5-7,9,11,15H,4,8,10H2,1-3H3. The number of Topliss-reactive ketones (excluding diaryl/α,β-unsaturated/α-hetero) is 1. The Hall–Kier alpha value is -1.35. The molecule has 1 aromatic rings. The summed E-state index contributed by atoms with van der Waals surface area (Å²) in [7, 11) is 1.63. The molecular weight excluding hydrogens is 214 g/mol. The van der Waals surface area contributed by atoms with Gasteiger partial charge in [-0.3, -0.25) is 4.79 Å². The molecule has 0 saturated carbocycles. The number of ketones is 1. The molecule has 1 unspecified atom stereocenters. The third-order valence-electron chi connectivity index (χ3n) is 2.80. The van der Waals surface area contributed by atoms with Gasteiger partial charge in [-0.25, -0.2) is 0 Å². The molecule has 0 fully saturated rings. The van der Waals surface area contributed by atoms with Gasteiger partial charge in [-0.2, -0.15) is 0 Å². The monoisotopic (exact) mass is 235 g/mol. The molecule has 0 radical (unpaired) electrons. The Bertz CT molecular complexity index is 363. The molecule has 0 bridgehead atoms. The molecule has 0 aliphatic carbocycles. The van der Waals surface area contributed by atoms with E-state index >= 15 is 0 Å². The van der Waals surface area contributed by atoms with Crippen LogP contribution < -0.4 is 10.1 Å². The second kappa shape index (κ2) is 7.07. The number of carbonyl (C=O) groups excluding carboxylic acids is 1. The normalized spacial score (nSPS) is 12.2. The highest BCUT2D eigenvalue weighted by molar-refractivity contribution is 5.82. The molecule has 0 saturated heterocycles. The fraction of sp³-hybridized carbons (Fsp3) is 0.500. The van der Waals surface area contributed by atoms with E-state index in [2.05, 4.69) is 19.2 Å². The van der Waals surface area contributed by atoms with E-state index in [1.807, 2.05) is 24.3 Å². The Labute approximate surface area is 103 Å². The zero-order valence-electron chi connectivity index (χ0n) is 10.8. The first-order valence-corrected chi connectivity index (χ1v) is 6.03. The molecule has 3 heteroatoms. The molecule has 1 rings (SSSR count). The van der Waals surface area contributed by atoms with Crippen LogP contribution in [0.25, 0.3) is 0 Å². The van der Waals surface area contributed by atoms with Crippen molar-refractivity contribution in [3.05, 3.63) is 29.8 Å². The van der Waals surface area contributed by atoms with Gasteiger partial charge < -0.3 is 10.1 Å². The van der Waals surface area contributed by atoms with E-state index in [-0.39, 0.29) is 5.78 Å². The van der Waals surface area contributed by atoms with Gasteiger partial charge >= 0.3 is 0 Å². The first kappa shape index (κ1) is 13.7. The maximum absolute atomic E-state index is 11.7. The van der Waals surface area contributed by atoms with E-state index in [4.69, 9.17) is 4.74 Å². The van der Waals surface area contributed by atoms with Gasteiger partial charge in [0, 0.05) is 12.5 Å². The largest absolute Gasteiger partial charge is 0.497 e. The fourth-order valence-electron chi connectivity index (χ4n) is 1.50. The van der Waals surface area contributed by atoms with Crippen molar-refractivity contribution in [3.63, 3.8) is 0 Å². The summed E-state index contributed by atoms with van der Waals surface area (Å²) in [6, 6.07) is 8.03. The lowest BCUT2D eigenvalue weighted by Gasteiger charge is -2.10. The number of methoxy groups -OCH3 is 1. The second-order valence-corrected chi connectivity index (χ2v) is 4.26. The van der Waals surface area contributed by atoms with Crippen molar-refractivity contribution in [1.29, 1.82) is 0 Å². The predicted molar refractivity (Wildman–Crippen MR) is 69.5 cm³/mol. The van der Waals surface area contributed by atoms with Gasteiger partial charge in [-0.15, -0.1) is 0 Å². The lowest BCUT2D eigenvalue weighted by molar-refractivity contribution is -0.117. The first-order chi connectivity index (χ1) is 8.15. The minimum atomic E-state index is 0.207. The molecule has 3 nitrogen and oxygen atoms in total. The molecule has 17 heavy (non-hydrogen) atoms. The minimum absolute atomic E-state index is 0.207. The average Bonchev–Trinajstić information content (AvgIpc) is 2.36. The summed E-state index contributed by atoms with van der Waals surface area (Å²) in [5.41, 5.74) is 1.00. The van der Waals surface area contributed by atoms with Crippen molar-refractivity contribution < 1.29 is 9.53 Å². The van der Waals surface area contributed by atoms with Crippen LogP contribution in [0.15, 0.2) is 24.3 Å². The summed E-state index contributed by atoms with van der Waals surface area (Å²) >= 11 is 0. The third kappa shape index (κ3) is 5.00. The lowest BCUT2D eigenvalue weighted by atomic mass is 10.1. The summed E-state index contributed by atoms with van der Waals surface area (Å²) in [5, 5.41) is 3.20. The molecule has 0 amide bonds. The molecule has 0 aliphatic heterocycles. The molecule has 1 atom stereocenters. The summed E-state index contributed by atoms with van der Waals surface area (Å²) < 4.78 is 5.13. The Morgan fingerprint density at radius 1 is 1.47 bits per heavy atom. The van der Waals surface area contributed by atoms with E-state index in [1.54, 1.807) is 7.11 Å². The molecule has 1 aromatic carbocycles. The highest BCUT2D eigenvalue weighted by Crippen LogP contribution is 2.12. The third-order valence-corrected chi connectivity index (χ3v) is 2.80. The molecule has 0 heterocycles. The first-order valence-electron chi connectivity index (χ1n) is 6.03. The average molecular weight is 235 g/mol. The molecule has 0 aromatic heterocycles. The SMILES string of the molecule is CCC(C)NCC(=O)Cc1cccc(OC)c1. The Morgan fingerprint density at radius 3 is 2.88 bits per heavy atom. The Morgan fingerprint density at radius 2 is 2.24 bits per heavy atom. The zero-order chi connectivity index (χ0) is 12.7. The number of ether oxygens (including phenoxy) is 1.